The Morgan fingerprint density at radius 3 is 2.88 bits per heavy atom. The van der Waals surface area contributed by atoms with E-state index in [1.807, 2.05) is 19.9 Å². The van der Waals surface area contributed by atoms with E-state index >= 15 is 0 Å². The Morgan fingerprint density at radius 1 is 1.48 bits per heavy atom. The zero-order valence-electron chi connectivity index (χ0n) is 14.2. The number of likely N-dealkylation sites (tertiary alicyclic amines) is 1. The maximum Gasteiger partial charge on any atom is 0.314 e. The Labute approximate surface area is 145 Å². The molecule has 0 unspecified atom stereocenters. The number of nitrogens with zero attached hydrogens (tertiary/aromatic N) is 2. The Morgan fingerprint density at radius 2 is 2.24 bits per heavy atom. The number of pyridine rings is 1. The second-order valence-corrected chi connectivity index (χ2v) is 6.55. The van der Waals surface area contributed by atoms with E-state index in [0.29, 0.717) is 12.2 Å². The summed E-state index contributed by atoms with van der Waals surface area (Å²) in [5.74, 6) is -1.85. The van der Waals surface area contributed by atoms with Crippen LogP contribution in [-0.2, 0) is 20.8 Å². The van der Waals surface area contributed by atoms with E-state index in [-0.39, 0.29) is 38.1 Å². The minimum Gasteiger partial charge on any atom is -0.482 e. The van der Waals surface area contributed by atoms with E-state index in [4.69, 9.17) is 4.74 Å². The molecule has 2 fully saturated rings. The summed E-state index contributed by atoms with van der Waals surface area (Å²) in [5.41, 5.74) is 0.414. The third-order valence-corrected chi connectivity index (χ3v) is 4.97. The maximum absolute atomic E-state index is 12.4. The molecule has 0 saturated carbocycles. The number of rotatable bonds is 5. The number of nitrogens with one attached hydrogen (secondary N) is 1. The molecule has 2 atom stereocenters. The number of fused-ring (bicyclic) bond motifs is 1. The average molecular weight is 347 g/mol. The van der Waals surface area contributed by atoms with Crippen molar-refractivity contribution in [1.82, 2.24) is 15.2 Å². The van der Waals surface area contributed by atoms with Crippen LogP contribution in [0.5, 0.6) is 5.75 Å². The predicted octanol–water partition coefficient (Wildman–Crippen LogP) is -0.00958. The van der Waals surface area contributed by atoms with Crippen LogP contribution in [0, 0.1) is 18.3 Å². The smallest absolute Gasteiger partial charge is 0.314 e. The first-order valence-corrected chi connectivity index (χ1v) is 8.25. The average Bonchev–Trinajstić information content (AvgIpc) is 3.12. The number of amides is 2. The number of aromatic nitrogens is 1. The summed E-state index contributed by atoms with van der Waals surface area (Å²) in [6.07, 6.45) is 0.680. The van der Waals surface area contributed by atoms with Gasteiger partial charge in [0.1, 0.15) is 11.2 Å². The lowest BCUT2D eigenvalue weighted by atomic mass is 9.81. The molecule has 3 heterocycles. The topological polar surface area (TPSA) is 109 Å². The number of carboxylic acids is 1. The molecule has 0 radical (unpaired) electrons. The molecular formula is C17H21N3O5. The Kier molecular flexibility index (Phi) is 4.36. The van der Waals surface area contributed by atoms with Gasteiger partial charge in [0.15, 0.2) is 6.61 Å². The molecule has 0 bridgehead atoms. The summed E-state index contributed by atoms with van der Waals surface area (Å²) >= 11 is 0. The van der Waals surface area contributed by atoms with Crippen molar-refractivity contribution in [2.75, 3.05) is 26.2 Å². The fourth-order valence-corrected chi connectivity index (χ4v) is 3.49. The van der Waals surface area contributed by atoms with Gasteiger partial charge in [0.25, 0.3) is 5.91 Å². The first-order valence-electron chi connectivity index (χ1n) is 8.25. The molecule has 2 saturated heterocycles. The molecule has 2 amide bonds. The van der Waals surface area contributed by atoms with E-state index in [2.05, 4.69) is 10.3 Å². The third-order valence-electron chi connectivity index (χ3n) is 4.97. The minimum absolute atomic E-state index is 0.0146. The molecule has 0 aromatic carbocycles. The van der Waals surface area contributed by atoms with E-state index < -0.39 is 17.3 Å². The largest absolute Gasteiger partial charge is 0.482 e. The highest BCUT2D eigenvalue weighted by Crippen LogP contribution is 2.40. The van der Waals surface area contributed by atoms with E-state index in [9.17, 15) is 19.5 Å². The van der Waals surface area contributed by atoms with Crippen molar-refractivity contribution in [1.29, 1.82) is 0 Å². The molecule has 0 aliphatic carbocycles. The van der Waals surface area contributed by atoms with Gasteiger partial charge >= 0.3 is 5.97 Å². The number of hydrogen-bond acceptors (Lipinski definition) is 5. The van der Waals surface area contributed by atoms with Crippen LogP contribution in [0.2, 0.25) is 0 Å². The van der Waals surface area contributed by atoms with E-state index in [0.717, 1.165) is 11.4 Å². The molecule has 0 spiro atoms. The third kappa shape index (κ3) is 2.92. The summed E-state index contributed by atoms with van der Waals surface area (Å²) in [6.45, 7) is 3.80. The van der Waals surface area contributed by atoms with Crippen molar-refractivity contribution >= 4 is 17.8 Å². The number of hydrogen-bond donors (Lipinski definition) is 2. The van der Waals surface area contributed by atoms with Gasteiger partial charge < -0.3 is 20.1 Å². The first kappa shape index (κ1) is 17.2. The number of aliphatic carboxylic acids is 1. The van der Waals surface area contributed by atoms with Gasteiger partial charge in [-0.2, -0.15) is 0 Å². The van der Waals surface area contributed by atoms with Gasteiger partial charge in [-0.3, -0.25) is 19.4 Å². The monoisotopic (exact) mass is 347 g/mol. The Bertz CT molecular complexity index is 735. The molecule has 1 aromatic heterocycles. The molecule has 2 aliphatic heterocycles. The second kappa shape index (κ2) is 6.34. The highest BCUT2D eigenvalue weighted by atomic mass is 16.5. The fraction of sp³-hybridized carbons (Fsp3) is 0.529. The number of carboxylic acid groups (broad SMARTS) is 1. The minimum atomic E-state index is -1.23. The zero-order valence-corrected chi connectivity index (χ0v) is 14.2. The van der Waals surface area contributed by atoms with Crippen LogP contribution >= 0.6 is 0 Å². The molecular weight excluding hydrogens is 326 g/mol. The van der Waals surface area contributed by atoms with Crippen LogP contribution in [0.1, 0.15) is 18.3 Å². The van der Waals surface area contributed by atoms with Gasteiger partial charge in [-0.25, -0.2) is 0 Å². The van der Waals surface area contributed by atoms with Crippen molar-refractivity contribution in [2.45, 2.75) is 20.3 Å². The van der Waals surface area contributed by atoms with E-state index in [1.54, 1.807) is 6.07 Å². The summed E-state index contributed by atoms with van der Waals surface area (Å²) in [7, 11) is 0. The highest BCUT2D eigenvalue weighted by Gasteiger charge is 2.60. The van der Waals surface area contributed by atoms with Gasteiger partial charge in [-0.15, -0.1) is 0 Å². The van der Waals surface area contributed by atoms with Gasteiger partial charge in [-0.1, -0.05) is 6.92 Å². The lowest BCUT2D eigenvalue weighted by molar-refractivity contribution is -0.150. The summed E-state index contributed by atoms with van der Waals surface area (Å²) in [5, 5.41) is 12.1. The van der Waals surface area contributed by atoms with Crippen LogP contribution < -0.4 is 10.1 Å². The molecule has 2 N–H and O–H groups in total. The molecule has 134 valence electrons. The maximum atomic E-state index is 12.4. The van der Waals surface area contributed by atoms with Crippen molar-refractivity contribution in [2.24, 2.45) is 11.3 Å². The van der Waals surface area contributed by atoms with Crippen LogP contribution in [0.4, 0.5) is 0 Å². The summed E-state index contributed by atoms with van der Waals surface area (Å²) in [4.78, 5) is 41.7. The molecule has 25 heavy (non-hydrogen) atoms. The summed E-state index contributed by atoms with van der Waals surface area (Å²) < 4.78 is 5.60. The second-order valence-electron chi connectivity index (χ2n) is 6.55. The lowest BCUT2D eigenvalue weighted by Gasteiger charge is -2.22. The van der Waals surface area contributed by atoms with E-state index in [1.165, 1.54) is 4.90 Å². The van der Waals surface area contributed by atoms with Crippen molar-refractivity contribution in [3.63, 3.8) is 0 Å². The Balaban J connectivity index is 1.67. The van der Waals surface area contributed by atoms with Crippen molar-refractivity contribution in [3.05, 3.63) is 23.5 Å². The lowest BCUT2D eigenvalue weighted by Crippen LogP contribution is -2.42. The number of ether oxygens (including phenoxy) is 1. The van der Waals surface area contributed by atoms with Crippen LogP contribution in [0.15, 0.2) is 12.1 Å². The number of aryl methyl sites for hydroxylation is 2. The standard InChI is InChI=1S/C17H21N3O5/c1-3-12-13(5-4-10(2)19-12)25-7-14(21)20-6-11-15(22)18-8-17(11,9-20)16(23)24/h4-5,11H,3,6-9H2,1-2H3,(H,18,22)(H,23,24)/t11-,17+/m1/s1. The van der Waals surface area contributed by atoms with Crippen LogP contribution in [0.25, 0.3) is 0 Å². The molecule has 2 aliphatic rings. The molecule has 3 rings (SSSR count). The number of carbonyl (C=O) groups excluding carboxylic acids is 2. The van der Waals surface area contributed by atoms with Crippen molar-refractivity contribution < 1.29 is 24.2 Å². The molecule has 1 aromatic rings. The highest BCUT2D eigenvalue weighted by molar-refractivity contribution is 5.94. The van der Waals surface area contributed by atoms with Crippen LogP contribution in [0.3, 0.4) is 0 Å². The van der Waals surface area contributed by atoms with Gasteiger partial charge in [-0.05, 0) is 25.5 Å². The number of carbonyl (C=O) groups is 3. The predicted molar refractivity (Wildman–Crippen MR) is 87.0 cm³/mol. The summed E-state index contributed by atoms with van der Waals surface area (Å²) in [6, 6.07) is 3.59. The quantitative estimate of drug-likeness (QED) is 0.775. The van der Waals surface area contributed by atoms with Gasteiger partial charge in [0, 0.05) is 25.3 Å². The Hall–Kier alpha value is -2.64. The molecule has 8 heteroatoms. The zero-order chi connectivity index (χ0) is 18.2. The normalized spacial score (nSPS) is 24.8. The van der Waals surface area contributed by atoms with Gasteiger partial charge in [0.2, 0.25) is 5.91 Å². The fourth-order valence-electron chi connectivity index (χ4n) is 3.49. The van der Waals surface area contributed by atoms with Crippen LogP contribution in [-0.4, -0.2) is 59.0 Å². The first-order chi connectivity index (χ1) is 11.9. The SMILES string of the molecule is CCc1nc(C)ccc1OCC(=O)N1C[C@@H]2C(=O)NC[C@]2(C(=O)O)C1. The molecule has 8 nitrogen and oxygen atoms in total. The van der Waals surface area contributed by atoms with Crippen molar-refractivity contribution in [3.8, 4) is 5.75 Å². The van der Waals surface area contributed by atoms with Gasteiger partial charge in [0.05, 0.1) is 11.6 Å².